The van der Waals surface area contributed by atoms with Crippen LogP contribution in [0.15, 0.2) is 51.1 Å². The number of carbonyl (C=O) groups is 1. The van der Waals surface area contributed by atoms with Crippen molar-refractivity contribution in [3.8, 4) is 0 Å². The van der Waals surface area contributed by atoms with Crippen LogP contribution in [0.2, 0.25) is 0 Å². The fraction of sp³-hybridized carbons (Fsp3) is 0.312. The summed E-state index contributed by atoms with van der Waals surface area (Å²) in [5.74, 6) is 0. The van der Waals surface area contributed by atoms with E-state index in [4.69, 9.17) is 0 Å². The summed E-state index contributed by atoms with van der Waals surface area (Å²) in [5, 5.41) is 4.84. The number of carbonyl (C=O) groups excluding carboxylic acids is 1. The molecule has 0 atom stereocenters. The third kappa shape index (κ3) is 4.41. The first-order valence-electron chi connectivity index (χ1n) is 7.78. The molecule has 25 heavy (non-hydrogen) atoms. The summed E-state index contributed by atoms with van der Waals surface area (Å²) in [7, 11) is -3.52. The van der Waals surface area contributed by atoms with E-state index in [0.717, 1.165) is 9.35 Å². The van der Waals surface area contributed by atoms with Crippen LogP contribution in [0, 0.1) is 0 Å². The molecule has 2 amide bonds. The molecule has 1 aromatic heterocycles. The van der Waals surface area contributed by atoms with E-state index in [2.05, 4.69) is 21.2 Å². The molecule has 0 radical (unpaired) electrons. The minimum atomic E-state index is -3.52. The second-order valence-corrected chi connectivity index (χ2v) is 9.47. The van der Waals surface area contributed by atoms with Crippen molar-refractivity contribution in [1.29, 1.82) is 0 Å². The Kier molecular flexibility index (Phi) is 5.78. The highest BCUT2D eigenvalue weighted by molar-refractivity contribution is 9.10. The van der Waals surface area contributed by atoms with Gasteiger partial charge in [-0.05, 0) is 35.7 Å². The number of benzene rings is 1. The van der Waals surface area contributed by atoms with E-state index in [-0.39, 0.29) is 10.9 Å². The molecule has 0 unspecified atom stereocenters. The SMILES string of the molecule is O=C(NCc1cccs1)N1CCN(S(=O)(=O)c2ccc(Br)cc2)CC1. The van der Waals surface area contributed by atoms with Gasteiger partial charge in [0, 0.05) is 35.5 Å². The zero-order valence-corrected chi connectivity index (χ0v) is 16.6. The number of thiophene rings is 1. The van der Waals surface area contributed by atoms with Gasteiger partial charge in [0.1, 0.15) is 0 Å². The van der Waals surface area contributed by atoms with Crippen molar-refractivity contribution in [3.63, 3.8) is 0 Å². The summed E-state index contributed by atoms with van der Waals surface area (Å²) in [6.45, 7) is 1.85. The number of nitrogens with one attached hydrogen (secondary N) is 1. The highest BCUT2D eigenvalue weighted by atomic mass is 79.9. The molecule has 9 heteroatoms. The van der Waals surface area contributed by atoms with E-state index in [9.17, 15) is 13.2 Å². The Bertz CT molecular complexity index is 815. The number of nitrogens with zero attached hydrogens (tertiary/aromatic N) is 2. The molecule has 1 aromatic carbocycles. The third-order valence-electron chi connectivity index (χ3n) is 3.97. The first-order valence-corrected chi connectivity index (χ1v) is 10.9. The van der Waals surface area contributed by atoms with Crippen molar-refractivity contribution in [2.24, 2.45) is 0 Å². The van der Waals surface area contributed by atoms with Crippen LogP contribution in [-0.4, -0.2) is 49.8 Å². The molecule has 2 heterocycles. The maximum Gasteiger partial charge on any atom is 0.317 e. The van der Waals surface area contributed by atoms with Gasteiger partial charge in [-0.2, -0.15) is 4.31 Å². The van der Waals surface area contributed by atoms with Gasteiger partial charge in [0.25, 0.3) is 0 Å². The van der Waals surface area contributed by atoms with Gasteiger partial charge in [-0.1, -0.05) is 22.0 Å². The molecule has 0 spiro atoms. The number of halogens is 1. The Morgan fingerprint density at radius 1 is 1.12 bits per heavy atom. The van der Waals surface area contributed by atoms with Crippen LogP contribution in [0.3, 0.4) is 0 Å². The van der Waals surface area contributed by atoms with Crippen molar-refractivity contribution in [1.82, 2.24) is 14.5 Å². The van der Waals surface area contributed by atoms with Crippen LogP contribution < -0.4 is 5.32 Å². The molecule has 0 aliphatic carbocycles. The molecule has 6 nitrogen and oxygen atoms in total. The topological polar surface area (TPSA) is 69.7 Å². The van der Waals surface area contributed by atoms with Crippen molar-refractivity contribution in [2.45, 2.75) is 11.4 Å². The Morgan fingerprint density at radius 2 is 1.80 bits per heavy atom. The fourth-order valence-electron chi connectivity index (χ4n) is 2.57. The van der Waals surface area contributed by atoms with Gasteiger partial charge in [-0.3, -0.25) is 0 Å². The van der Waals surface area contributed by atoms with Gasteiger partial charge in [0.15, 0.2) is 0 Å². The lowest BCUT2D eigenvalue weighted by atomic mass is 10.4. The van der Waals surface area contributed by atoms with Crippen LogP contribution >= 0.6 is 27.3 Å². The molecular formula is C16H18BrN3O3S2. The van der Waals surface area contributed by atoms with E-state index >= 15 is 0 Å². The van der Waals surface area contributed by atoms with Crippen LogP contribution in [0.1, 0.15) is 4.88 Å². The lowest BCUT2D eigenvalue weighted by Gasteiger charge is -2.34. The highest BCUT2D eigenvalue weighted by Gasteiger charge is 2.30. The normalized spacial score (nSPS) is 16.0. The van der Waals surface area contributed by atoms with Gasteiger partial charge in [-0.25, -0.2) is 13.2 Å². The van der Waals surface area contributed by atoms with Gasteiger partial charge >= 0.3 is 6.03 Å². The number of sulfonamides is 1. The Balaban J connectivity index is 1.55. The average Bonchev–Trinajstić information content (AvgIpc) is 3.14. The van der Waals surface area contributed by atoms with Crippen LogP contribution in [0.5, 0.6) is 0 Å². The summed E-state index contributed by atoms with van der Waals surface area (Å²) in [5.41, 5.74) is 0. The zero-order valence-electron chi connectivity index (χ0n) is 13.4. The predicted octanol–water partition coefficient (Wildman–Crippen LogP) is 2.73. The number of hydrogen-bond donors (Lipinski definition) is 1. The van der Waals surface area contributed by atoms with Crippen molar-refractivity contribution >= 4 is 43.3 Å². The van der Waals surface area contributed by atoms with Gasteiger partial charge in [-0.15, -0.1) is 11.3 Å². The molecule has 0 bridgehead atoms. The maximum absolute atomic E-state index is 12.6. The quantitative estimate of drug-likeness (QED) is 0.789. The van der Waals surface area contributed by atoms with Gasteiger partial charge < -0.3 is 10.2 Å². The molecule has 1 aliphatic rings. The number of hydrogen-bond acceptors (Lipinski definition) is 4. The summed E-state index contributed by atoms with van der Waals surface area (Å²) in [6, 6.07) is 10.3. The third-order valence-corrected chi connectivity index (χ3v) is 7.29. The van der Waals surface area contributed by atoms with Gasteiger partial charge in [0.05, 0.1) is 11.4 Å². The monoisotopic (exact) mass is 443 g/mol. The van der Waals surface area contributed by atoms with E-state index in [1.165, 1.54) is 4.31 Å². The zero-order chi connectivity index (χ0) is 17.9. The standard InChI is InChI=1S/C16H18BrN3O3S2/c17-13-3-5-15(6-4-13)25(22,23)20-9-7-19(8-10-20)16(21)18-12-14-2-1-11-24-14/h1-6,11H,7-10,12H2,(H,18,21). The van der Waals surface area contributed by atoms with Crippen molar-refractivity contribution in [2.75, 3.05) is 26.2 Å². The maximum atomic E-state index is 12.6. The minimum Gasteiger partial charge on any atom is -0.333 e. The lowest BCUT2D eigenvalue weighted by Crippen LogP contribution is -2.52. The van der Waals surface area contributed by atoms with Crippen LogP contribution in [0.25, 0.3) is 0 Å². The van der Waals surface area contributed by atoms with Crippen LogP contribution in [0.4, 0.5) is 4.79 Å². The number of urea groups is 1. The molecule has 1 saturated heterocycles. The van der Waals surface area contributed by atoms with E-state index < -0.39 is 10.0 Å². The van der Waals surface area contributed by atoms with Crippen molar-refractivity contribution < 1.29 is 13.2 Å². The fourth-order valence-corrected chi connectivity index (χ4v) is 4.91. The summed E-state index contributed by atoms with van der Waals surface area (Å²) < 4.78 is 27.6. The number of rotatable bonds is 4. The molecular weight excluding hydrogens is 426 g/mol. The Labute approximate surface area is 159 Å². The van der Waals surface area contributed by atoms with E-state index in [1.807, 2.05) is 17.5 Å². The molecule has 134 valence electrons. The first kappa shape index (κ1) is 18.4. The Morgan fingerprint density at radius 3 is 2.40 bits per heavy atom. The molecule has 1 fully saturated rings. The average molecular weight is 444 g/mol. The lowest BCUT2D eigenvalue weighted by molar-refractivity contribution is 0.172. The van der Waals surface area contributed by atoms with E-state index in [1.54, 1.807) is 40.5 Å². The summed E-state index contributed by atoms with van der Waals surface area (Å²) in [6.07, 6.45) is 0. The second kappa shape index (κ2) is 7.86. The highest BCUT2D eigenvalue weighted by Crippen LogP contribution is 2.20. The Hall–Kier alpha value is -1.42. The molecule has 2 aromatic rings. The molecule has 1 N–H and O–H groups in total. The molecule has 3 rings (SSSR count). The van der Waals surface area contributed by atoms with Gasteiger partial charge in [0.2, 0.25) is 10.0 Å². The van der Waals surface area contributed by atoms with E-state index in [0.29, 0.717) is 32.7 Å². The summed E-state index contributed by atoms with van der Waals surface area (Å²) >= 11 is 4.89. The largest absolute Gasteiger partial charge is 0.333 e. The van der Waals surface area contributed by atoms with Crippen LogP contribution in [-0.2, 0) is 16.6 Å². The predicted molar refractivity (Wildman–Crippen MR) is 101 cm³/mol. The smallest absolute Gasteiger partial charge is 0.317 e. The number of piperazine rings is 1. The minimum absolute atomic E-state index is 0.158. The van der Waals surface area contributed by atoms with Crippen molar-refractivity contribution in [3.05, 3.63) is 51.1 Å². The number of amides is 2. The molecule has 0 saturated carbocycles. The first-order chi connectivity index (χ1) is 12.0. The second-order valence-electron chi connectivity index (χ2n) is 5.58. The summed E-state index contributed by atoms with van der Waals surface area (Å²) in [4.78, 5) is 15.2. The molecule has 1 aliphatic heterocycles.